The molecule has 0 spiro atoms. The van der Waals surface area contributed by atoms with Gasteiger partial charge < -0.3 is 25.0 Å². The van der Waals surface area contributed by atoms with Gasteiger partial charge in [-0.15, -0.1) is 0 Å². The molecule has 27 heavy (non-hydrogen) atoms. The van der Waals surface area contributed by atoms with E-state index in [0.717, 1.165) is 43.1 Å². The van der Waals surface area contributed by atoms with Gasteiger partial charge in [-0.2, -0.15) is 0 Å². The molecule has 1 amide bonds. The molecule has 8 heteroatoms. The van der Waals surface area contributed by atoms with Crippen LogP contribution >= 0.6 is 0 Å². The summed E-state index contributed by atoms with van der Waals surface area (Å²) < 4.78 is 0. The van der Waals surface area contributed by atoms with Crippen molar-refractivity contribution in [2.24, 2.45) is 0 Å². The van der Waals surface area contributed by atoms with Crippen LogP contribution in [-0.4, -0.2) is 58.2 Å². The third kappa shape index (κ3) is 5.50. The number of aromatic nitrogens is 3. The molecule has 0 saturated carbocycles. The van der Waals surface area contributed by atoms with Crippen LogP contribution < -0.4 is 15.3 Å². The fourth-order valence-corrected chi connectivity index (χ4v) is 3.07. The highest BCUT2D eigenvalue weighted by atomic mass is 16.4. The molecule has 2 aromatic rings. The fourth-order valence-electron chi connectivity index (χ4n) is 3.07. The maximum absolute atomic E-state index is 11.4. The van der Waals surface area contributed by atoms with Crippen molar-refractivity contribution in [3.05, 3.63) is 18.5 Å². The lowest BCUT2D eigenvalue weighted by Gasteiger charge is -2.24. The number of amides is 1. The Labute approximate surface area is 160 Å². The minimum absolute atomic E-state index is 0.207. The summed E-state index contributed by atoms with van der Waals surface area (Å²) in [6.45, 7) is 11.6. The highest BCUT2D eigenvalue weighted by Crippen LogP contribution is 2.25. The molecule has 0 aliphatic heterocycles. The van der Waals surface area contributed by atoms with Crippen molar-refractivity contribution in [1.29, 1.82) is 0 Å². The first-order valence-corrected chi connectivity index (χ1v) is 9.59. The van der Waals surface area contributed by atoms with E-state index in [1.54, 1.807) is 25.4 Å². The molecule has 1 N–H and O–H groups in total. The van der Waals surface area contributed by atoms with Gasteiger partial charge >= 0.3 is 0 Å². The number of hydrogen-bond donors (Lipinski definition) is 1. The highest BCUT2D eigenvalue weighted by Gasteiger charge is 2.15. The molecule has 0 aliphatic rings. The number of nitrogens with one attached hydrogen (secondary N) is 1. The zero-order chi connectivity index (χ0) is 19.8. The Kier molecular flexibility index (Phi) is 7.72. The number of hydrogen-bond acceptors (Lipinski definition) is 7. The number of rotatable bonds is 10. The molecule has 0 bridgehead atoms. The topological polar surface area (TPSA) is 97.3 Å². The van der Waals surface area contributed by atoms with Gasteiger partial charge in [-0.25, -0.2) is 15.0 Å². The summed E-state index contributed by atoms with van der Waals surface area (Å²) in [5.41, 5.74) is 1.77. The number of nitrogens with zero attached hydrogens (tertiary/aromatic N) is 5. The predicted molar refractivity (Wildman–Crippen MR) is 106 cm³/mol. The fraction of sp³-hybridized carbons (Fsp3) is 0.579. The Hall–Kier alpha value is -2.48. The second-order valence-electron chi connectivity index (χ2n) is 6.48. The molecule has 2 rings (SSSR count). The maximum Gasteiger partial charge on any atom is 0.182 e. The summed E-state index contributed by atoms with van der Waals surface area (Å²) in [6, 6.07) is 1.91. The van der Waals surface area contributed by atoms with Gasteiger partial charge in [0.2, 0.25) is 0 Å². The van der Waals surface area contributed by atoms with Crippen molar-refractivity contribution >= 4 is 28.8 Å². The molecule has 1 atom stereocenters. The lowest BCUT2D eigenvalue weighted by atomic mass is 10.1. The maximum atomic E-state index is 11.4. The molecule has 0 saturated heterocycles. The Morgan fingerprint density at radius 3 is 2.52 bits per heavy atom. The van der Waals surface area contributed by atoms with Crippen molar-refractivity contribution in [3.63, 3.8) is 0 Å². The van der Waals surface area contributed by atoms with Gasteiger partial charge in [-0.1, -0.05) is 13.8 Å². The standard InChI is InChI=1S/C19H30N6O2/c1-5-24(6-2)12-8-9-14(4)22-15-13-16(25(7-3)19(26)27)23-18-17(15)20-10-11-21-18/h10-11,13-14H,5-9,12H2,1-4H3,(H,26,27)(H,21,22,23)/p-1. The summed E-state index contributed by atoms with van der Waals surface area (Å²) in [6.07, 6.45) is 3.94. The number of fused-ring (bicyclic) bond motifs is 1. The van der Waals surface area contributed by atoms with Crippen LogP contribution in [0.5, 0.6) is 0 Å². The van der Waals surface area contributed by atoms with Gasteiger partial charge in [0.15, 0.2) is 5.65 Å². The Morgan fingerprint density at radius 2 is 1.89 bits per heavy atom. The van der Waals surface area contributed by atoms with Crippen LogP contribution in [0.15, 0.2) is 18.5 Å². The van der Waals surface area contributed by atoms with Crippen LogP contribution in [0.4, 0.5) is 16.3 Å². The predicted octanol–water partition coefficient (Wildman–Crippen LogP) is 2.12. The number of carboxylic acid groups (broad SMARTS) is 1. The van der Waals surface area contributed by atoms with E-state index in [1.807, 2.05) is 0 Å². The molecule has 8 nitrogen and oxygen atoms in total. The van der Waals surface area contributed by atoms with Gasteiger partial charge in [0.1, 0.15) is 17.4 Å². The monoisotopic (exact) mass is 373 g/mol. The van der Waals surface area contributed by atoms with E-state index in [9.17, 15) is 9.90 Å². The average molecular weight is 373 g/mol. The van der Waals surface area contributed by atoms with Gasteiger partial charge in [0, 0.05) is 31.0 Å². The van der Waals surface area contributed by atoms with E-state index in [0.29, 0.717) is 17.0 Å². The molecule has 2 heterocycles. The van der Waals surface area contributed by atoms with E-state index in [1.165, 1.54) is 0 Å². The first-order valence-electron chi connectivity index (χ1n) is 9.59. The third-order valence-corrected chi connectivity index (χ3v) is 4.65. The van der Waals surface area contributed by atoms with Gasteiger partial charge in [-0.05, 0) is 46.3 Å². The van der Waals surface area contributed by atoms with Crippen LogP contribution in [0.1, 0.15) is 40.5 Å². The largest absolute Gasteiger partial charge is 0.530 e. The number of carbonyl (C=O) groups excluding carboxylic acids is 1. The summed E-state index contributed by atoms with van der Waals surface area (Å²) >= 11 is 0. The zero-order valence-electron chi connectivity index (χ0n) is 16.6. The SMILES string of the molecule is CCN(CC)CCCC(C)Nc1cc(N(CC)C(=O)[O-])nc2nccnc12. The first-order chi connectivity index (χ1) is 13.0. The Bertz CT molecular complexity index is 750. The zero-order valence-corrected chi connectivity index (χ0v) is 16.6. The molecular weight excluding hydrogens is 344 g/mol. The molecule has 0 radical (unpaired) electrons. The lowest BCUT2D eigenvalue weighted by Crippen LogP contribution is -2.41. The van der Waals surface area contributed by atoms with E-state index in [4.69, 9.17) is 0 Å². The quantitative estimate of drug-likeness (QED) is 0.681. The molecular formula is C19H29N6O2-. The highest BCUT2D eigenvalue weighted by molar-refractivity contribution is 5.91. The van der Waals surface area contributed by atoms with Crippen LogP contribution in [0.25, 0.3) is 11.2 Å². The number of anilines is 2. The normalized spacial score (nSPS) is 12.3. The lowest BCUT2D eigenvalue weighted by molar-refractivity contribution is -0.246. The van der Waals surface area contributed by atoms with Gasteiger partial charge in [-0.3, -0.25) is 0 Å². The smallest absolute Gasteiger partial charge is 0.182 e. The first kappa shape index (κ1) is 20.8. The summed E-state index contributed by atoms with van der Waals surface area (Å²) in [4.78, 5) is 27.8. The molecule has 2 aromatic heterocycles. The minimum Gasteiger partial charge on any atom is -0.530 e. The molecule has 0 fully saturated rings. The second-order valence-corrected chi connectivity index (χ2v) is 6.48. The van der Waals surface area contributed by atoms with Crippen molar-refractivity contribution in [3.8, 4) is 0 Å². The van der Waals surface area contributed by atoms with E-state index < -0.39 is 6.09 Å². The third-order valence-electron chi connectivity index (χ3n) is 4.65. The molecule has 1 unspecified atom stereocenters. The Morgan fingerprint density at radius 1 is 1.19 bits per heavy atom. The van der Waals surface area contributed by atoms with E-state index in [-0.39, 0.29) is 12.6 Å². The van der Waals surface area contributed by atoms with Crippen LogP contribution in [0.2, 0.25) is 0 Å². The second kappa shape index (κ2) is 10.0. The number of carbonyl (C=O) groups is 1. The van der Waals surface area contributed by atoms with Gasteiger partial charge in [0.05, 0.1) is 5.69 Å². The van der Waals surface area contributed by atoms with E-state index >= 15 is 0 Å². The van der Waals surface area contributed by atoms with Gasteiger partial charge in [0.25, 0.3) is 0 Å². The molecule has 0 aliphatic carbocycles. The summed E-state index contributed by atoms with van der Waals surface area (Å²) in [5.74, 6) is 0.295. The molecule has 148 valence electrons. The average Bonchev–Trinajstić information content (AvgIpc) is 2.65. The number of pyridine rings is 1. The van der Waals surface area contributed by atoms with Crippen LogP contribution in [0, 0.1) is 0 Å². The molecule has 0 aromatic carbocycles. The van der Waals surface area contributed by atoms with E-state index in [2.05, 4.69) is 45.9 Å². The van der Waals surface area contributed by atoms with Crippen molar-refractivity contribution in [2.75, 3.05) is 36.4 Å². The van der Waals surface area contributed by atoms with Crippen molar-refractivity contribution in [2.45, 2.75) is 46.6 Å². The minimum atomic E-state index is -1.29. The van der Waals surface area contributed by atoms with Crippen molar-refractivity contribution < 1.29 is 9.90 Å². The Balaban J connectivity index is 2.19. The van der Waals surface area contributed by atoms with Crippen LogP contribution in [-0.2, 0) is 0 Å². The summed E-state index contributed by atoms with van der Waals surface area (Å²) in [7, 11) is 0. The summed E-state index contributed by atoms with van der Waals surface area (Å²) in [5, 5.41) is 14.8. The van der Waals surface area contributed by atoms with Crippen molar-refractivity contribution in [1.82, 2.24) is 19.9 Å². The van der Waals surface area contributed by atoms with Crippen LogP contribution in [0.3, 0.4) is 0 Å².